The average molecular weight is 487 g/mol. The fourth-order valence-electron chi connectivity index (χ4n) is 2.56. The molecule has 1 unspecified atom stereocenters. The van der Waals surface area contributed by atoms with Gasteiger partial charge in [0.05, 0.1) is 35.6 Å². The third-order valence-electron chi connectivity index (χ3n) is 5.14. The standard InChI is InChI=1S/C22H47O7PS/c1-19(2,9-13-23)26-14-10-20(3,4)28-17-30(24,25)18-29-21(5,6)11-15-27-22(7,8)12-16-31/h23,31H,9-18H2,1-8H3,(H,24,25). The van der Waals surface area contributed by atoms with Crippen LogP contribution in [0.1, 0.15) is 81.1 Å². The number of aliphatic hydroxyl groups is 1. The number of hydrogen-bond donors (Lipinski definition) is 3. The molecule has 188 valence electrons. The number of rotatable bonds is 18. The highest BCUT2D eigenvalue weighted by atomic mass is 32.1. The molecule has 1 atom stereocenters. The Labute approximate surface area is 195 Å². The summed E-state index contributed by atoms with van der Waals surface area (Å²) in [4.78, 5) is 10.3. The zero-order valence-electron chi connectivity index (χ0n) is 20.9. The molecular weight excluding hydrogens is 439 g/mol. The van der Waals surface area contributed by atoms with E-state index in [0.29, 0.717) is 32.5 Å². The minimum Gasteiger partial charge on any atom is -0.396 e. The molecule has 0 aromatic heterocycles. The zero-order valence-corrected chi connectivity index (χ0v) is 22.7. The Morgan fingerprint density at radius 2 is 1.03 bits per heavy atom. The van der Waals surface area contributed by atoms with Gasteiger partial charge in [-0.15, -0.1) is 0 Å². The van der Waals surface area contributed by atoms with Crippen LogP contribution in [0.2, 0.25) is 0 Å². The summed E-state index contributed by atoms with van der Waals surface area (Å²) < 4.78 is 35.7. The van der Waals surface area contributed by atoms with Crippen molar-refractivity contribution in [2.75, 3.05) is 38.3 Å². The van der Waals surface area contributed by atoms with Crippen molar-refractivity contribution in [2.24, 2.45) is 0 Å². The van der Waals surface area contributed by atoms with Gasteiger partial charge in [-0.2, -0.15) is 12.6 Å². The first kappa shape index (κ1) is 31.3. The van der Waals surface area contributed by atoms with Crippen LogP contribution in [-0.2, 0) is 23.5 Å². The largest absolute Gasteiger partial charge is 0.396 e. The van der Waals surface area contributed by atoms with Crippen LogP contribution in [0.5, 0.6) is 0 Å². The molecule has 0 fully saturated rings. The molecule has 0 saturated carbocycles. The second-order valence-electron chi connectivity index (χ2n) is 10.6. The molecule has 0 bridgehead atoms. The highest BCUT2D eigenvalue weighted by molar-refractivity contribution is 7.80. The van der Waals surface area contributed by atoms with Gasteiger partial charge in [0.25, 0.3) is 0 Å². The van der Waals surface area contributed by atoms with Crippen LogP contribution in [0.25, 0.3) is 0 Å². The topological polar surface area (TPSA) is 94.5 Å². The van der Waals surface area contributed by atoms with Crippen molar-refractivity contribution < 1.29 is 33.5 Å². The fourth-order valence-corrected chi connectivity index (χ4v) is 4.28. The van der Waals surface area contributed by atoms with Gasteiger partial charge in [-0.1, -0.05) is 0 Å². The van der Waals surface area contributed by atoms with E-state index in [0.717, 1.165) is 12.2 Å². The second-order valence-corrected chi connectivity index (χ2v) is 13.2. The Morgan fingerprint density at radius 3 is 1.39 bits per heavy atom. The maximum Gasteiger partial charge on any atom is 0.250 e. The van der Waals surface area contributed by atoms with E-state index in [1.165, 1.54) is 0 Å². The van der Waals surface area contributed by atoms with Crippen LogP contribution in [-0.4, -0.2) is 70.7 Å². The second kappa shape index (κ2) is 13.3. The van der Waals surface area contributed by atoms with Crippen LogP contribution in [0.4, 0.5) is 0 Å². The number of ether oxygens (including phenoxy) is 4. The molecule has 0 amide bonds. The molecule has 0 rings (SSSR count). The highest BCUT2D eigenvalue weighted by Gasteiger charge is 2.30. The third-order valence-corrected chi connectivity index (χ3v) is 6.42. The third kappa shape index (κ3) is 16.6. The van der Waals surface area contributed by atoms with Gasteiger partial charge in [-0.05, 0) is 86.8 Å². The van der Waals surface area contributed by atoms with Crippen LogP contribution in [0, 0.1) is 0 Å². The lowest BCUT2D eigenvalue weighted by atomic mass is 10.0. The highest BCUT2D eigenvalue weighted by Crippen LogP contribution is 2.43. The van der Waals surface area contributed by atoms with Gasteiger partial charge < -0.3 is 28.9 Å². The summed E-state index contributed by atoms with van der Waals surface area (Å²) in [6, 6.07) is 0. The molecule has 0 aliphatic heterocycles. The molecule has 0 saturated heterocycles. The summed E-state index contributed by atoms with van der Waals surface area (Å²) in [5.41, 5.74) is -1.87. The van der Waals surface area contributed by atoms with Gasteiger partial charge in [-0.25, -0.2) is 0 Å². The molecule has 31 heavy (non-hydrogen) atoms. The van der Waals surface area contributed by atoms with E-state index in [4.69, 9.17) is 24.1 Å². The van der Waals surface area contributed by atoms with E-state index in [1.54, 1.807) is 0 Å². The average Bonchev–Trinajstić information content (AvgIpc) is 2.58. The Balaban J connectivity index is 4.39. The monoisotopic (exact) mass is 486 g/mol. The van der Waals surface area contributed by atoms with Gasteiger partial charge in [0.1, 0.15) is 12.7 Å². The minimum atomic E-state index is -3.61. The smallest absolute Gasteiger partial charge is 0.250 e. The van der Waals surface area contributed by atoms with Crippen molar-refractivity contribution >= 4 is 20.0 Å². The summed E-state index contributed by atoms with van der Waals surface area (Å²) in [5.74, 6) is 0.753. The number of thiol groups is 1. The Bertz CT molecular complexity index is 506. The molecule has 0 aromatic rings. The van der Waals surface area contributed by atoms with Crippen LogP contribution in [0.3, 0.4) is 0 Å². The van der Waals surface area contributed by atoms with Crippen molar-refractivity contribution in [2.45, 2.75) is 103 Å². The van der Waals surface area contributed by atoms with Crippen molar-refractivity contribution in [3.8, 4) is 0 Å². The first-order chi connectivity index (χ1) is 13.9. The van der Waals surface area contributed by atoms with Gasteiger partial charge in [0.15, 0.2) is 0 Å². The lowest BCUT2D eigenvalue weighted by Gasteiger charge is -2.31. The van der Waals surface area contributed by atoms with Gasteiger partial charge >= 0.3 is 0 Å². The summed E-state index contributed by atoms with van der Waals surface area (Å²) in [6.45, 7) is 16.4. The predicted octanol–water partition coefficient (Wildman–Crippen LogP) is 4.84. The maximum absolute atomic E-state index is 12.6. The molecule has 0 spiro atoms. The summed E-state index contributed by atoms with van der Waals surface area (Å²) >= 11 is 4.25. The Hall–Kier alpha value is 0.340. The van der Waals surface area contributed by atoms with E-state index in [-0.39, 0.29) is 24.9 Å². The Kier molecular flexibility index (Phi) is 13.4. The van der Waals surface area contributed by atoms with E-state index in [2.05, 4.69) is 12.6 Å². The lowest BCUT2D eigenvalue weighted by Crippen LogP contribution is -2.32. The number of aliphatic hydroxyl groups excluding tert-OH is 1. The molecule has 7 nitrogen and oxygen atoms in total. The Morgan fingerprint density at radius 1 is 0.677 bits per heavy atom. The van der Waals surface area contributed by atoms with E-state index >= 15 is 0 Å². The van der Waals surface area contributed by atoms with E-state index in [1.807, 2.05) is 55.4 Å². The number of hydrogen-bond acceptors (Lipinski definition) is 7. The molecule has 0 aromatic carbocycles. The van der Waals surface area contributed by atoms with Gasteiger partial charge in [0, 0.05) is 6.61 Å². The first-order valence-electron chi connectivity index (χ1n) is 11.0. The van der Waals surface area contributed by atoms with Crippen LogP contribution < -0.4 is 0 Å². The normalized spacial score (nSPS) is 15.8. The predicted molar refractivity (Wildman–Crippen MR) is 129 cm³/mol. The first-order valence-corrected chi connectivity index (χ1v) is 13.7. The SMILES string of the molecule is CC(C)(CCO)OCCC(C)(C)OCP(=O)(O)COC(C)(C)CCOC(C)(C)CCS. The fraction of sp³-hybridized carbons (Fsp3) is 1.00. The quantitative estimate of drug-likeness (QED) is 0.189. The molecule has 0 aliphatic carbocycles. The summed E-state index contributed by atoms with van der Waals surface area (Å²) in [7, 11) is -3.61. The van der Waals surface area contributed by atoms with Crippen molar-refractivity contribution in [3.63, 3.8) is 0 Å². The van der Waals surface area contributed by atoms with Crippen molar-refractivity contribution in [1.29, 1.82) is 0 Å². The minimum absolute atomic E-state index is 0.0660. The van der Waals surface area contributed by atoms with E-state index in [9.17, 15) is 9.46 Å². The lowest BCUT2D eigenvalue weighted by molar-refractivity contribution is -0.0727. The van der Waals surface area contributed by atoms with Crippen molar-refractivity contribution in [3.05, 3.63) is 0 Å². The molecule has 0 heterocycles. The van der Waals surface area contributed by atoms with Crippen LogP contribution in [0.15, 0.2) is 0 Å². The van der Waals surface area contributed by atoms with E-state index < -0.39 is 24.2 Å². The molecular formula is C22H47O7PS. The molecule has 0 radical (unpaired) electrons. The van der Waals surface area contributed by atoms with Crippen LogP contribution >= 0.6 is 20.0 Å². The van der Waals surface area contributed by atoms with Gasteiger partial charge in [0.2, 0.25) is 7.37 Å². The summed E-state index contributed by atoms with van der Waals surface area (Å²) in [6.07, 6.45) is 2.02. The van der Waals surface area contributed by atoms with Crippen molar-refractivity contribution in [1.82, 2.24) is 0 Å². The molecule has 0 aliphatic rings. The zero-order chi connectivity index (χ0) is 24.4. The maximum atomic E-state index is 12.6. The summed E-state index contributed by atoms with van der Waals surface area (Å²) in [5, 5.41) is 9.06. The van der Waals surface area contributed by atoms with Gasteiger partial charge in [-0.3, -0.25) is 4.57 Å². The molecule has 9 heteroatoms. The molecule has 2 N–H and O–H groups in total.